The first kappa shape index (κ1) is 13.7. The van der Waals surface area contributed by atoms with Crippen LogP contribution in [0.4, 0.5) is 11.6 Å². The molecule has 0 bridgehead atoms. The van der Waals surface area contributed by atoms with Gasteiger partial charge in [0.2, 0.25) is 5.95 Å². The van der Waals surface area contributed by atoms with Gasteiger partial charge in [-0.3, -0.25) is 10.1 Å². The largest absolute Gasteiger partial charge is 0.433 e. The first-order valence-electron chi connectivity index (χ1n) is 5.92. The van der Waals surface area contributed by atoms with Gasteiger partial charge in [-0.2, -0.15) is 4.98 Å². The number of nitrogen functional groups attached to an aromatic ring is 1. The summed E-state index contributed by atoms with van der Waals surface area (Å²) < 4.78 is 5.57. The summed E-state index contributed by atoms with van der Waals surface area (Å²) in [5.41, 5.74) is 7.32. The molecule has 7 heteroatoms. The van der Waals surface area contributed by atoms with Crippen molar-refractivity contribution in [3.63, 3.8) is 0 Å². The van der Waals surface area contributed by atoms with E-state index in [1.54, 1.807) is 12.1 Å². The number of nitrogens with two attached hydrogens (primary N) is 1. The number of hydrogen-bond donors (Lipinski definition) is 1. The van der Waals surface area contributed by atoms with Crippen LogP contribution in [-0.4, -0.2) is 14.9 Å². The fourth-order valence-corrected chi connectivity index (χ4v) is 1.78. The van der Waals surface area contributed by atoms with E-state index in [1.165, 1.54) is 6.92 Å². The molecule has 0 atom stereocenters. The standard InChI is InChI=1S/C13H14N4O3/c1-7-5-4-6-10(8(7)2)20-12-11(17(18)19)9(3)15-13(14)16-12/h4-6H,1-3H3,(H2,14,15,16). The molecular formula is C13H14N4O3. The van der Waals surface area contributed by atoms with Crippen molar-refractivity contribution >= 4 is 11.6 Å². The van der Waals surface area contributed by atoms with Gasteiger partial charge in [-0.15, -0.1) is 0 Å². The van der Waals surface area contributed by atoms with Gasteiger partial charge in [-0.25, -0.2) is 4.98 Å². The van der Waals surface area contributed by atoms with Gasteiger partial charge in [0.25, 0.3) is 0 Å². The van der Waals surface area contributed by atoms with Crippen molar-refractivity contribution in [2.45, 2.75) is 20.8 Å². The van der Waals surface area contributed by atoms with Crippen LogP contribution >= 0.6 is 0 Å². The number of aryl methyl sites for hydroxylation is 2. The Morgan fingerprint density at radius 1 is 1.25 bits per heavy atom. The van der Waals surface area contributed by atoms with Crippen LogP contribution in [-0.2, 0) is 0 Å². The minimum atomic E-state index is -0.574. The van der Waals surface area contributed by atoms with Gasteiger partial charge in [0.05, 0.1) is 4.92 Å². The summed E-state index contributed by atoms with van der Waals surface area (Å²) in [6.45, 7) is 5.29. The van der Waals surface area contributed by atoms with Gasteiger partial charge >= 0.3 is 11.6 Å². The predicted molar refractivity (Wildman–Crippen MR) is 73.8 cm³/mol. The van der Waals surface area contributed by atoms with Gasteiger partial charge in [0.1, 0.15) is 11.4 Å². The second-order valence-electron chi connectivity index (χ2n) is 4.38. The number of benzene rings is 1. The molecule has 1 aromatic heterocycles. The number of nitrogens with zero attached hydrogens (tertiary/aromatic N) is 3. The maximum absolute atomic E-state index is 11.1. The maximum Gasteiger partial charge on any atom is 0.352 e. The van der Waals surface area contributed by atoms with E-state index in [4.69, 9.17) is 10.5 Å². The minimum Gasteiger partial charge on any atom is -0.433 e. The molecule has 0 fully saturated rings. The fourth-order valence-electron chi connectivity index (χ4n) is 1.78. The third kappa shape index (κ3) is 2.51. The molecule has 2 N–H and O–H groups in total. The molecule has 0 spiro atoms. The van der Waals surface area contributed by atoms with Gasteiger partial charge < -0.3 is 10.5 Å². The highest BCUT2D eigenvalue weighted by atomic mass is 16.6. The zero-order chi connectivity index (χ0) is 14.9. The second-order valence-corrected chi connectivity index (χ2v) is 4.38. The van der Waals surface area contributed by atoms with E-state index in [1.807, 2.05) is 19.9 Å². The molecule has 0 saturated heterocycles. The van der Waals surface area contributed by atoms with E-state index in [2.05, 4.69) is 9.97 Å². The van der Waals surface area contributed by atoms with Gasteiger partial charge in [0, 0.05) is 0 Å². The summed E-state index contributed by atoms with van der Waals surface area (Å²) >= 11 is 0. The lowest BCUT2D eigenvalue weighted by molar-refractivity contribution is -0.386. The molecule has 1 aromatic carbocycles. The zero-order valence-corrected chi connectivity index (χ0v) is 11.4. The van der Waals surface area contributed by atoms with Crippen molar-refractivity contribution in [2.75, 3.05) is 5.73 Å². The van der Waals surface area contributed by atoms with E-state index in [0.717, 1.165) is 11.1 Å². The molecule has 20 heavy (non-hydrogen) atoms. The highest BCUT2D eigenvalue weighted by Crippen LogP contribution is 2.33. The molecule has 0 aliphatic carbocycles. The van der Waals surface area contributed by atoms with Crippen molar-refractivity contribution in [1.82, 2.24) is 9.97 Å². The van der Waals surface area contributed by atoms with Crippen LogP contribution in [0.25, 0.3) is 0 Å². The molecule has 0 aliphatic heterocycles. The molecule has 0 unspecified atom stereocenters. The van der Waals surface area contributed by atoms with Crippen LogP contribution in [0, 0.1) is 30.9 Å². The Bertz CT molecular complexity index is 686. The smallest absolute Gasteiger partial charge is 0.352 e. The molecule has 2 aromatic rings. The van der Waals surface area contributed by atoms with E-state index in [9.17, 15) is 10.1 Å². The molecule has 0 amide bonds. The van der Waals surface area contributed by atoms with E-state index < -0.39 is 4.92 Å². The third-order valence-corrected chi connectivity index (χ3v) is 2.99. The summed E-state index contributed by atoms with van der Waals surface area (Å²) in [5, 5.41) is 11.1. The third-order valence-electron chi connectivity index (χ3n) is 2.99. The lowest BCUT2D eigenvalue weighted by atomic mass is 10.1. The average molecular weight is 274 g/mol. The summed E-state index contributed by atoms with van der Waals surface area (Å²) in [6, 6.07) is 5.46. The quantitative estimate of drug-likeness (QED) is 0.681. The molecular weight excluding hydrogens is 260 g/mol. The number of hydrogen-bond acceptors (Lipinski definition) is 6. The van der Waals surface area contributed by atoms with Crippen LogP contribution < -0.4 is 10.5 Å². The van der Waals surface area contributed by atoms with Crippen molar-refractivity contribution in [1.29, 1.82) is 0 Å². The van der Waals surface area contributed by atoms with Gasteiger partial charge in [-0.05, 0) is 38.0 Å². The van der Waals surface area contributed by atoms with E-state index >= 15 is 0 Å². The second kappa shape index (κ2) is 5.12. The monoisotopic (exact) mass is 274 g/mol. The Hall–Kier alpha value is -2.70. The Kier molecular flexibility index (Phi) is 3.51. The highest BCUT2D eigenvalue weighted by Gasteiger charge is 2.24. The Morgan fingerprint density at radius 2 is 1.95 bits per heavy atom. The van der Waals surface area contributed by atoms with Crippen LogP contribution in [0.1, 0.15) is 16.8 Å². The normalized spacial score (nSPS) is 10.3. The first-order chi connectivity index (χ1) is 9.40. The van der Waals surface area contributed by atoms with Crippen LogP contribution in [0.5, 0.6) is 11.6 Å². The predicted octanol–water partition coefficient (Wildman–Crippen LogP) is 2.68. The average Bonchev–Trinajstić information content (AvgIpc) is 2.33. The topological polar surface area (TPSA) is 104 Å². The number of aromatic nitrogens is 2. The fraction of sp³-hybridized carbons (Fsp3) is 0.231. The molecule has 0 radical (unpaired) electrons. The zero-order valence-electron chi connectivity index (χ0n) is 11.4. The van der Waals surface area contributed by atoms with Crippen molar-refractivity contribution in [3.8, 4) is 11.6 Å². The SMILES string of the molecule is Cc1cccc(Oc2nc(N)nc(C)c2[N+](=O)[O-])c1C. The minimum absolute atomic E-state index is 0.0617. The van der Waals surface area contributed by atoms with E-state index in [-0.39, 0.29) is 23.2 Å². The Labute approximate surface area is 115 Å². The summed E-state index contributed by atoms with van der Waals surface area (Å²) in [4.78, 5) is 18.1. The molecule has 104 valence electrons. The number of anilines is 1. The molecule has 1 heterocycles. The van der Waals surface area contributed by atoms with Crippen molar-refractivity contribution in [3.05, 3.63) is 45.1 Å². The summed E-state index contributed by atoms with van der Waals surface area (Å²) in [6.07, 6.45) is 0. The maximum atomic E-state index is 11.1. The number of rotatable bonds is 3. The highest BCUT2D eigenvalue weighted by molar-refractivity contribution is 5.50. The Morgan fingerprint density at radius 3 is 2.60 bits per heavy atom. The summed E-state index contributed by atoms with van der Waals surface area (Å²) in [7, 11) is 0. The van der Waals surface area contributed by atoms with E-state index in [0.29, 0.717) is 5.75 Å². The lowest BCUT2D eigenvalue weighted by Crippen LogP contribution is -2.05. The lowest BCUT2D eigenvalue weighted by Gasteiger charge is -2.10. The van der Waals surface area contributed by atoms with Crippen LogP contribution in [0.2, 0.25) is 0 Å². The first-order valence-corrected chi connectivity index (χ1v) is 5.92. The number of nitro groups is 1. The van der Waals surface area contributed by atoms with Crippen LogP contribution in [0.3, 0.4) is 0 Å². The number of ether oxygens (including phenoxy) is 1. The van der Waals surface area contributed by atoms with Crippen molar-refractivity contribution in [2.24, 2.45) is 0 Å². The molecule has 0 aliphatic rings. The van der Waals surface area contributed by atoms with Gasteiger partial charge in [0.15, 0.2) is 0 Å². The Balaban J connectivity index is 2.53. The molecule has 0 saturated carbocycles. The molecule has 7 nitrogen and oxygen atoms in total. The summed E-state index contributed by atoms with van der Waals surface area (Å²) in [5.74, 6) is 0.299. The van der Waals surface area contributed by atoms with Crippen LogP contribution in [0.15, 0.2) is 18.2 Å². The van der Waals surface area contributed by atoms with Crippen molar-refractivity contribution < 1.29 is 9.66 Å². The molecule has 2 rings (SSSR count). The van der Waals surface area contributed by atoms with Gasteiger partial charge in [-0.1, -0.05) is 12.1 Å².